The number of carbonyl (C=O) groups excluding carboxylic acids is 1. The molecule has 216 valence electrons. The summed E-state index contributed by atoms with van der Waals surface area (Å²) in [5.74, 6) is 0.778. The molecular weight excluding hydrogens is 539 g/mol. The number of amides is 1. The first kappa shape index (κ1) is 28.1. The van der Waals surface area contributed by atoms with Crippen molar-refractivity contribution in [3.63, 3.8) is 0 Å². The van der Waals surface area contributed by atoms with Crippen molar-refractivity contribution in [2.24, 2.45) is 0 Å². The van der Waals surface area contributed by atoms with Gasteiger partial charge < -0.3 is 20.1 Å². The molecule has 1 aliphatic rings. The third-order valence-electron chi connectivity index (χ3n) is 6.74. The quantitative estimate of drug-likeness (QED) is 0.316. The number of fused-ring (bicyclic) bond motifs is 1. The monoisotopic (exact) mass is 569 g/mol. The zero-order valence-electron chi connectivity index (χ0n) is 22.8. The van der Waals surface area contributed by atoms with E-state index in [1.54, 1.807) is 60.6 Å². The number of carbonyl (C=O) groups is 1. The molecule has 1 aliphatic heterocycles. The van der Waals surface area contributed by atoms with E-state index in [-0.39, 0.29) is 23.3 Å². The van der Waals surface area contributed by atoms with Gasteiger partial charge in [-0.1, -0.05) is 0 Å². The maximum Gasteiger partial charge on any atom is 0.416 e. The number of benzene rings is 2. The number of nitrogens with two attached hydrogens (primary N) is 1. The van der Waals surface area contributed by atoms with Gasteiger partial charge in [0.1, 0.15) is 28.4 Å². The van der Waals surface area contributed by atoms with E-state index < -0.39 is 23.4 Å². The van der Waals surface area contributed by atoms with Crippen molar-refractivity contribution in [3.05, 3.63) is 76.8 Å². The first-order valence-electron chi connectivity index (χ1n) is 13.1. The van der Waals surface area contributed by atoms with Crippen LogP contribution in [-0.2, 0) is 10.9 Å². The molecule has 1 saturated heterocycles. The number of piperidine rings is 1. The lowest BCUT2D eigenvalue weighted by atomic mass is 10.1. The smallest absolute Gasteiger partial charge is 0.416 e. The molecule has 9 nitrogen and oxygen atoms in total. The van der Waals surface area contributed by atoms with Gasteiger partial charge in [0.25, 0.3) is 0 Å². The van der Waals surface area contributed by atoms with Crippen LogP contribution in [0, 0.1) is 0 Å². The van der Waals surface area contributed by atoms with E-state index in [2.05, 4.69) is 4.98 Å². The van der Waals surface area contributed by atoms with Crippen molar-refractivity contribution in [2.75, 3.05) is 18.8 Å². The van der Waals surface area contributed by atoms with Crippen LogP contribution in [0.4, 0.5) is 23.8 Å². The molecule has 0 aliphatic carbocycles. The number of hydrogen-bond acceptors (Lipinski definition) is 6. The Labute approximate surface area is 233 Å². The molecule has 1 unspecified atom stereocenters. The Bertz CT molecular complexity index is 1620. The van der Waals surface area contributed by atoms with Crippen LogP contribution in [-0.4, -0.2) is 43.8 Å². The number of aromatic nitrogens is 3. The summed E-state index contributed by atoms with van der Waals surface area (Å²) < 4.78 is 52.9. The number of alkyl halides is 3. The van der Waals surface area contributed by atoms with Gasteiger partial charge in [-0.3, -0.25) is 9.13 Å². The van der Waals surface area contributed by atoms with Crippen LogP contribution in [0.3, 0.4) is 0 Å². The van der Waals surface area contributed by atoms with Gasteiger partial charge in [0.2, 0.25) is 0 Å². The minimum Gasteiger partial charge on any atom is -0.457 e. The molecule has 2 aromatic heterocycles. The first-order chi connectivity index (χ1) is 19.3. The van der Waals surface area contributed by atoms with Gasteiger partial charge in [0, 0.05) is 19.3 Å². The molecule has 2 aromatic carbocycles. The van der Waals surface area contributed by atoms with E-state index in [0.717, 1.165) is 12.1 Å². The summed E-state index contributed by atoms with van der Waals surface area (Å²) in [5.41, 5.74) is 6.02. The van der Waals surface area contributed by atoms with Crippen molar-refractivity contribution >= 4 is 22.9 Å². The zero-order valence-corrected chi connectivity index (χ0v) is 22.8. The molecule has 0 spiro atoms. The summed E-state index contributed by atoms with van der Waals surface area (Å²) in [4.78, 5) is 32.5. The fourth-order valence-electron chi connectivity index (χ4n) is 4.95. The van der Waals surface area contributed by atoms with Crippen LogP contribution < -0.4 is 16.2 Å². The fourth-order valence-corrected chi connectivity index (χ4v) is 4.95. The summed E-state index contributed by atoms with van der Waals surface area (Å²) in [6.45, 7) is 6.25. The van der Waals surface area contributed by atoms with Gasteiger partial charge in [-0.15, -0.1) is 0 Å². The molecule has 1 atom stereocenters. The molecule has 1 amide bonds. The largest absolute Gasteiger partial charge is 0.457 e. The van der Waals surface area contributed by atoms with E-state index in [1.165, 1.54) is 22.9 Å². The Kier molecular flexibility index (Phi) is 7.18. The predicted octanol–water partition coefficient (Wildman–Crippen LogP) is 6.15. The highest BCUT2D eigenvalue weighted by molar-refractivity contribution is 5.87. The molecular formula is C29H30F3N5O4. The van der Waals surface area contributed by atoms with Crippen LogP contribution in [0.1, 0.15) is 45.2 Å². The molecule has 1 fully saturated rings. The molecule has 41 heavy (non-hydrogen) atoms. The van der Waals surface area contributed by atoms with Gasteiger partial charge in [-0.25, -0.2) is 14.6 Å². The highest BCUT2D eigenvalue weighted by Gasteiger charge is 2.32. The van der Waals surface area contributed by atoms with Crippen LogP contribution in [0.5, 0.6) is 11.5 Å². The van der Waals surface area contributed by atoms with Crippen LogP contribution >= 0.6 is 0 Å². The Morgan fingerprint density at radius 1 is 1.00 bits per heavy atom. The molecule has 4 aromatic rings. The molecule has 0 radical (unpaired) electrons. The summed E-state index contributed by atoms with van der Waals surface area (Å²) in [7, 11) is 0. The first-order valence-corrected chi connectivity index (χ1v) is 13.1. The van der Waals surface area contributed by atoms with Crippen LogP contribution in [0.25, 0.3) is 16.7 Å². The van der Waals surface area contributed by atoms with E-state index in [4.69, 9.17) is 15.2 Å². The highest BCUT2D eigenvalue weighted by Crippen LogP contribution is 2.32. The Hall–Kier alpha value is -4.48. The number of halogens is 3. The number of nitrogens with zero attached hydrogens (tertiary/aromatic N) is 4. The molecule has 5 rings (SSSR count). The number of hydrogen-bond donors (Lipinski definition) is 1. The molecule has 12 heteroatoms. The van der Waals surface area contributed by atoms with Gasteiger partial charge in [-0.2, -0.15) is 13.2 Å². The van der Waals surface area contributed by atoms with Gasteiger partial charge >= 0.3 is 18.0 Å². The standard InChI is InChI=1S/C29H30F3N5O4/c1-28(2,3)41-27(39)35-16-4-5-20(17-35)36-23-14-15-34-25(33)24(23)37(26(36)38)19-8-12-22(13-9-19)40-21-10-6-18(7-11-21)29(30,31)32/h6-15,20H,4-5,16-17H2,1-3H3,(H2,33,34). The number of nitrogen functional groups attached to an aromatic ring is 1. The summed E-state index contributed by atoms with van der Waals surface area (Å²) in [5, 5.41) is 0. The van der Waals surface area contributed by atoms with E-state index >= 15 is 0 Å². The lowest BCUT2D eigenvalue weighted by molar-refractivity contribution is -0.137. The van der Waals surface area contributed by atoms with E-state index in [0.29, 0.717) is 48.4 Å². The predicted molar refractivity (Wildman–Crippen MR) is 147 cm³/mol. The zero-order chi connectivity index (χ0) is 29.5. The van der Waals surface area contributed by atoms with Crippen LogP contribution in [0.15, 0.2) is 65.6 Å². The molecule has 2 N–H and O–H groups in total. The van der Waals surface area contributed by atoms with Gasteiger partial charge in [-0.05, 0) is 88.2 Å². The summed E-state index contributed by atoms with van der Waals surface area (Å²) in [6, 6.07) is 12.3. The fraction of sp³-hybridized carbons (Fsp3) is 0.345. The maximum absolute atomic E-state index is 13.9. The average molecular weight is 570 g/mol. The third kappa shape index (κ3) is 5.86. The molecule has 0 saturated carbocycles. The Balaban J connectivity index is 1.45. The second-order valence-electron chi connectivity index (χ2n) is 10.9. The number of rotatable bonds is 4. The summed E-state index contributed by atoms with van der Waals surface area (Å²) in [6.07, 6.45) is -1.95. The van der Waals surface area contributed by atoms with Crippen molar-refractivity contribution in [1.29, 1.82) is 0 Å². The average Bonchev–Trinajstić information content (AvgIpc) is 3.21. The molecule has 3 heterocycles. The van der Waals surface area contributed by atoms with Gasteiger partial charge in [0.15, 0.2) is 0 Å². The lowest BCUT2D eigenvalue weighted by Gasteiger charge is -2.34. The van der Waals surface area contributed by atoms with Crippen molar-refractivity contribution in [3.8, 4) is 17.2 Å². The van der Waals surface area contributed by atoms with Crippen molar-refractivity contribution in [1.82, 2.24) is 19.0 Å². The van der Waals surface area contributed by atoms with Crippen molar-refractivity contribution in [2.45, 2.75) is 51.4 Å². The third-order valence-corrected chi connectivity index (χ3v) is 6.74. The van der Waals surface area contributed by atoms with E-state index in [9.17, 15) is 22.8 Å². The minimum absolute atomic E-state index is 0.170. The normalized spacial score (nSPS) is 16.1. The lowest BCUT2D eigenvalue weighted by Crippen LogP contribution is -2.45. The second kappa shape index (κ2) is 10.5. The minimum atomic E-state index is -4.44. The molecule has 0 bridgehead atoms. The van der Waals surface area contributed by atoms with E-state index in [1.807, 2.05) is 0 Å². The number of ether oxygens (including phenoxy) is 2. The second-order valence-corrected chi connectivity index (χ2v) is 10.9. The van der Waals surface area contributed by atoms with Gasteiger partial charge in [0.05, 0.1) is 22.8 Å². The Morgan fingerprint density at radius 2 is 1.63 bits per heavy atom. The van der Waals surface area contributed by atoms with Crippen LogP contribution in [0.2, 0.25) is 0 Å². The number of anilines is 1. The topological polar surface area (TPSA) is 105 Å². The SMILES string of the molecule is CC(C)(C)OC(=O)N1CCCC(n2c(=O)n(-c3ccc(Oc4ccc(C(F)(F)F)cc4)cc3)c3c(N)nccc32)C1. The van der Waals surface area contributed by atoms with Crippen molar-refractivity contribution < 1.29 is 27.4 Å². The number of likely N-dealkylation sites (tertiary alicyclic amines) is 1. The maximum atomic E-state index is 13.9. The summed E-state index contributed by atoms with van der Waals surface area (Å²) >= 11 is 0. The highest BCUT2D eigenvalue weighted by atomic mass is 19.4. The Morgan fingerprint density at radius 3 is 2.24 bits per heavy atom. The number of imidazole rings is 1. The number of pyridine rings is 1.